The van der Waals surface area contributed by atoms with Crippen LogP contribution in [0.15, 0.2) is 71.9 Å². The Morgan fingerprint density at radius 1 is 1.15 bits per heavy atom. The number of nitrogens with one attached hydrogen (secondary N) is 2. The van der Waals surface area contributed by atoms with Gasteiger partial charge in [0.15, 0.2) is 6.61 Å². The van der Waals surface area contributed by atoms with Crippen molar-refractivity contribution in [2.75, 3.05) is 13.2 Å². The van der Waals surface area contributed by atoms with Gasteiger partial charge in [-0.05, 0) is 66.4 Å². The van der Waals surface area contributed by atoms with Crippen LogP contribution in [0.4, 0.5) is 0 Å². The fourth-order valence-corrected chi connectivity index (χ4v) is 6.37. The monoisotopic (exact) mass is 561 g/mol. The van der Waals surface area contributed by atoms with E-state index >= 15 is 0 Å². The lowest BCUT2D eigenvalue weighted by Crippen LogP contribution is -2.50. The molecule has 2 aromatic heterocycles. The third kappa shape index (κ3) is 5.70. The lowest BCUT2D eigenvalue weighted by molar-refractivity contribution is -0.139. The van der Waals surface area contributed by atoms with Crippen LogP contribution in [0.5, 0.6) is 5.75 Å². The zero-order valence-corrected chi connectivity index (χ0v) is 22.2. The van der Waals surface area contributed by atoms with Crippen LogP contribution in [-0.2, 0) is 39.1 Å². The van der Waals surface area contributed by atoms with Crippen molar-refractivity contribution < 1.29 is 27.9 Å². The second-order valence-electron chi connectivity index (χ2n) is 9.48. The largest absolute Gasteiger partial charge is 0.482 e. The van der Waals surface area contributed by atoms with E-state index in [2.05, 4.69) is 15.8 Å². The number of nitrogens with zero attached hydrogens (tertiary/aromatic N) is 3. The second-order valence-corrected chi connectivity index (χ2v) is 11.2. The minimum absolute atomic E-state index is 0.0700. The summed E-state index contributed by atoms with van der Waals surface area (Å²) in [4.78, 5) is 29.3. The van der Waals surface area contributed by atoms with Gasteiger partial charge in [-0.15, -0.1) is 0 Å². The SMILES string of the molecule is N#Cc1cccn1CCC(NS(=O)(=O)c1cccc2[nH]ccc12)C(=O)N1CCc2cc(OCC(=O)O)ccc2C1. The van der Waals surface area contributed by atoms with Crippen molar-refractivity contribution in [2.24, 2.45) is 0 Å². The van der Waals surface area contributed by atoms with E-state index in [0.717, 1.165) is 11.1 Å². The third-order valence-corrected chi connectivity index (χ3v) is 8.44. The minimum atomic E-state index is -4.08. The Balaban J connectivity index is 1.38. The molecular formula is C28H27N5O6S. The molecule has 1 atom stereocenters. The van der Waals surface area contributed by atoms with Crippen LogP contribution < -0.4 is 9.46 Å². The number of aryl methyl sites for hydroxylation is 1. The van der Waals surface area contributed by atoms with Crippen molar-refractivity contribution in [1.29, 1.82) is 5.26 Å². The summed E-state index contributed by atoms with van der Waals surface area (Å²) < 4.78 is 36.7. The molecule has 1 amide bonds. The van der Waals surface area contributed by atoms with Gasteiger partial charge in [0, 0.05) is 42.9 Å². The minimum Gasteiger partial charge on any atom is -0.482 e. The predicted molar refractivity (Wildman–Crippen MR) is 145 cm³/mol. The number of hydrogen-bond acceptors (Lipinski definition) is 6. The fraction of sp³-hybridized carbons (Fsp3) is 0.250. The number of rotatable bonds is 10. The molecule has 1 aliphatic heterocycles. The summed E-state index contributed by atoms with van der Waals surface area (Å²) >= 11 is 0. The van der Waals surface area contributed by atoms with Crippen molar-refractivity contribution >= 4 is 32.8 Å². The van der Waals surface area contributed by atoms with Crippen LogP contribution in [0, 0.1) is 11.3 Å². The molecule has 3 N–H and O–H groups in total. The second kappa shape index (κ2) is 11.3. The first-order valence-corrected chi connectivity index (χ1v) is 14.1. The molecule has 3 heterocycles. The Kier molecular flexibility index (Phi) is 7.59. The summed E-state index contributed by atoms with van der Waals surface area (Å²) in [6.45, 7) is 0.438. The lowest BCUT2D eigenvalue weighted by Gasteiger charge is -2.32. The van der Waals surface area contributed by atoms with Crippen LogP contribution in [0.2, 0.25) is 0 Å². The van der Waals surface area contributed by atoms with Crippen molar-refractivity contribution in [3.8, 4) is 11.8 Å². The zero-order valence-electron chi connectivity index (χ0n) is 21.4. The standard InChI is InChI=1S/C28H27N5O6S/c29-16-21-3-2-12-32(21)14-10-25(31-40(37,38)26-5-1-4-24-23(26)8-11-30-24)28(36)33-13-9-19-15-22(39-18-27(34)35)7-6-20(19)17-33/h1-8,11-12,15,25,30-31H,9-10,13-14,17-18H2,(H,34,35). The van der Waals surface area contributed by atoms with Crippen LogP contribution in [-0.4, -0.2) is 59.0 Å². The molecular weight excluding hydrogens is 534 g/mol. The van der Waals surface area contributed by atoms with E-state index in [1.165, 1.54) is 6.07 Å². The maximum absolute atomic E-state index is 13.8. The average Bonchev–Trinajstić information content (AvgIpc) is 3.62. The van der Waals surface area contributed by atoms with E-state index in [9.17, 15) is 23.3 Å². The molecule has 5 rings (SSSR count). The molecule has 2 aromatic carbocycles. The molecule has 0 radical (unpaired) electrons. The first-order chi connectivity index (χ1) is 19.2. The molecule has 12 heteroatoms. The number of aromatic nitrogens is 2. The zero-order chi connectivity index (χ0) is 28.3. The van der Waals surface area contributed by atoms with E-state index in [0.29, 0.717) is 35.3 Å². The molecule has 0 saturated carbocycles. The fourth-order valence-electron chi connectivity index (χ4n) is 4.93. The number of amides is 1. The van der Waals surface area contributed by atoms with Gasteiger partial charge >= 0.3 is 5.97 Å². The van der Waals surface area contributed by atoms with Crippen molar-refractivity contribution in [3.63, 3.8) is 0 Å². The first-order valence-electron chi connectivity index (χ1n) is 12.6. The van der Waals surface area contributed by atoms with E-state index in [1.54, 1.807) is 70.4 Å². The van der Waals surface area contributed by atoms with Gasteiger partial charge < -0.3 is 24.3 Å². The number of aromatic amines is 1. The number of benzene rings is 2. The van der Waals surface area contributed by atoms with Crippen LogP contribution >= 0.6 is 0 Å². The summed E-state index contributed by atoms with van der Waals surface area (Å²) in [5.41, 5.74) is 2.89. The van der Waals surface area contributed by atoms with Crippen LogP contribution in [0.25, 0.3) is 10.9 Å². The average molecular weight is 562 g/mol. The maximum atomic E-state index is 13.8. The number of H-pyrrole nitrogens is 1. The van der Waals surface area contributed by atoms with E-state index in [4.69, 9.17) is 9.84 Å². The number of carbonyl (C=O) groups is 2. The first kappa shape index (κ1) is 27.0. The number of hydrogen-bond donors (Lipinski definition) is 3. The Morgan fingerprint density at radius 3 is 2.80 bits per heavy atom. The molecule has 1 aliphatic rings. The Hall–Kier alpha value is -4.60. The van der Waals surface area contributed by atoms with Gasteiger partial charge in [-0.2, -0.15) is 9.98 Å². The number of aliphatic carboxylic acids is 1. The summed E-state index contributed by atoms with van der Waals surface area (Å²) in [6, 6.07) is 16.2. The molecule has 4 aromatic rings. The number of carboxylic acid groups (broad SMARTS) is 1. The summed E-state index contributed by atoms with van der Waals surface area (Å²) in [5, 5.41) is 18.7. The van der Waals surface area contributed by atoms with Crippen molar-refractivity contribution in [1.82, 2.24) is 19.2 Å². The smallest absolute Gasteiger partial charge is 0.341 e. The number of carbonyl (C=O) groups excluding carboxylic acids is 1. The summed E-state index contributed by atoms with van der Waals surface area (Å²) in [7, 11) is -4.08. The summed E-state index contributed by atoms with van der Waals surface area (Å²) in [5.74, 6) is -1.00. The molecule has 0 saturated heterocycles. The van der Waals surface area contributed by atoms with Crippen LogP contribution in [0.3, 0.4) is 0 Å². The van der Waals surface area contributed by atoms with Crippen molar-refractivity contribution in [3.05, 3.63) is 83.8 Å². The molecule has 0 spiro atoms. The lowest BCUT2D eigenvalue weighted by atomic mass is 9.98. The molecule has 0 bridgehead atoms. The number of fused-ring (bicyclic) bond motifs is 2. The van der Waals surface area contributed by atoms with Gasteiger partial charge in [0.2, 0.25) is 15.9 Å². The maximum Gasteiger partial charge on any atom is 0.341 e. The number of sulfonamides is 1. The topological polar surface area (TPSA) is 158 Å². The quantitative estimate of drug-likeness (QED) is 0.269. The molecule has 0 fully saturated rings. The van der Waals surface area contributed by atoms with Crippen LogP contribution in [0.1, 0.15) is 23.2 Å². The Bertz CT molecular complexity index is 1720. The predicted octanol–water partition coefficient (Wildman–Crippen LogP) is 2.63. The third-order valence-electron chi connectivity index (χ3n) is 6.91. The molecule has 1 unspecified atom stereocenters. The van der Waals surface area contributed by atoms with Gasteiger partial charge in [-0.3, -0.25) is 4.79 Å². The highest BCUT2D eigenvalue weighted by Crippen LogP contribution is 2.26. The molecule has 11 nitrogen and oxygen atoms in total. The summed E-state index contributed by atoms with van der Waals surface area (Å²) in [6.07, 6.45) is 4.01. The normalized spacial score (nSPS) is 13.9. The van der Waals surface area contributed by atoms with Gasteiger partial charge in [0.05, 0.1) is 4.90 Å². The van der Waals surface area contributed by atoms with Gasteiger partial charge in [-0.25, -0.2) is 13.2 Å². The van der Waals surface area contributed by atoms with Crippen molar-refractivity contribution in [2.45, 2.75) is 36.9 Å². The Morgan fingerprint density at radius 2 is 2.00 bits per heavy atom. The van der Waals surface area contributed by atoms with Gasteiger partial charge in [0.25, 0.3) is 0 Å². The molecule has 40 heavy (non-hydrogen) atoms. The van der Waals surface area contributed by atoms with Gasteiger partial charge in [-0.1, -0.05) is 12.1 Å². The van der Waals surface area contributed by atoms with E-state index in [1.807, 2.05) is 0 Å². The number of carboxylic acids is 1. The molecule has 0 aliphatic carbocycles. The Labute approximate surface area is 230 Å². The molecule has 206 valence electrons. The van der Waals surface area contributed by atoms with Gasteiger partial charge in [0.1, 0.15) is 23.6 Å². The highest BCUT2D eigenvalue weighted by atomic mass is 32.2. The highest BCUT2D eigenvalue weighted by Gasteiger charge is 2.32. The highest BCUT2D eigenvalue weighted by molar-refractivity contribution is 7.89. The number of nitriles is 1. The van der Waals surface area contributed by atoms with E-state index < -0.39 is 28.6 Å². The number of ether oxygens (including phenoxy) is 1. The van der Waals surface area contributed by atoms with E-state index in [-0.39, 0.29) is 30.3 Å².